The van der Waals surface area contributed by atoms with Crippen molar-refractivity contribution in [1.82, 2.24) is 9.88 Å². The van der Waals surface area contributed by atoms with Crippen LogP contribution in [0.2, 0.25) is 0 Å². The molecule has 1 fully saturated rings. The maximum atomic E-state index is 12.7. The van der Waals surface area contributed by atoms with Gasteiger partial charge in [0.2, 0.25) is 11.8 Å². The van der Waals surface area contributed by atoms with E-state index in [1.54, 1.807) is 4.90 Å². The molecule has 1 aliphatic rings. The molecule has 5 heteroatoms. The molecule has 1 aromatic heterocycles. The summed E-state index contributed by atoms with van der Waals surface area (Å²) >= 11 is 0. The molecule has 5 nitrogen and oxygen atoms in total. The fraction of sp³-hybridized carbons (Fsp3) is 0.238. The van der Waals surface area contributed by atoms with Crippen LogP contribution in [0, 0.1) is 0 Å². The second-order valence-corrected chi connectivity index (χ2v) is 6.68. The number of hydrogen-bond donors (Lipinski definition) is 2. The Bertz CT molecular complexity index is 933. The highest BCUT2D eigenvalue weighted by molar-refractivity contribution is 5.99. The molecule has 1 saturated heterocycles. The van der Waals surface area contributed by atoms with Gasteiger partial charge in [-0.05, 0) is 42.0 Å². The average molecular weight is 347 g/mol. The van der Waals surface area contributed by atoms with Crippen LogP contribution in [-0.2, 0) is 16.0 Å². The van der Waals surface area contributed by atoms with Gasteiger partial charge >= 0.3 is 0 Å². The number of likely N-dealkylation sites (tertiary alicyclic amines) is 1. The number of nitrogens with zero attached hydrogens (tertiary/aromatic N) is 1. The number of aromatic nitrogens is 1. The molecule has 0 aliphatic carbocycles. The molecule has 132 valence electrons. The first-order valence-electron chi connectivity index (χ1n) is 8.92. The van der Waals surface area contributed by atoms with Crippen LogP contribution in [0.25, 0.3) is 10.9 Å². The Morgan fingerprint density at radius 2 is 1.96 bits per heavy atom. The molecule has 3 aromatic rings. The van der Waals surface area contributed by atoms with Crippen molar-refractivity contribution >= 4 is 28.4 Å². The second kappa shape index (κ2) is 7.04. The van der Waals surface area contributed by atoms with Crippen molar-refractivity contribution in [2.75, 3.05) is 11.9 Å². The molecule has 0 spiro atoms. The quantitative estimate of drug-likeness (QED) is 0.760. The van der Waals surface area contributed by atoms with E-state index in [-0.39, 0.29) is 11.8 Å². The number of rotatable bonds is 4. The molecule has 2 amide bonds. The zero-order chi connectivity index (χ0) is 17.9. The van der Waals surface area contributed by atoms with Crippen LogP contribution in [0.3, 0.4) is 0 Å². The predicted octanol–water partition coefficient (Wildman–Crippen LogP) is 3.34. The molecule has 0 saturated carbocycles. The number of benzene rings is 2. The highest BCUT2D eigenvalue weighted by atomic mass is 16.2. The Labute approximate surface area is 152 Å². The van der Waals surface area contributed by atoms with Crippen LogP contribution >= 0.6 is 0 Å². The van der Waals surface area contributed by atoms with Gasteiger partial charge in [-0.1, -0.05) is 36.4 Å². The number of hydrogen-bond acceptors (Lipinski definition) is 2. The summed E-state index contributed by atoms with van der Waals surface area (Å²) in [5.41, 5.74) is 2.69. The molecule has 2 heterocycles. The molecule has 2 N–H and O–H groups in total. The molecule has 0 bridgehead atoms. The van der Waals surface area contributed by atoms with Crippen molar-refractivity contribution in [3.05, 3.63) is 66.4 Å². The molecule has 0 radical (unpaired) electrons. The highest BCUT2D eigenvalue weighted by Gasteiger charge is 2.33. The van der Waals surface area contributed by atoms with E-state index in [2.05, 4.69) is 10.3 Å². The fourth-order valence-corrected chi connectivity index (χ4v) is 3.56. The maximum Gasteiger partial charge on any atom is 0.247 e. The van der Waals surface area contributed by atoms with Crippen molar-refractivity contribution in [2.45, 2.75) is 25.3 Å². The summed E-state index contributed by atoms with van der Waals surface area (Å²) in [7, 11) is 0. The maximum absolute atomic E-state index is 12.7. The second-order valence-electron chi connectivity index (χ2n) is 6.68. The van der Waals surface area contributed by atoms with Crippen molar-refractivity contribution in [1.29, 1.82) is 0 Å². The Morgan fingerprint density at radius 3 is 2.81 bits per heavy atom. The first-order chi connectivity index (χ1) is 12.7. The van der Waals surface area contributed by atoms with E-state index in [1.807, 2.05) is 60.8 Å². The summed E-state index contributed by atoms with van der Waals surface area (Å²) in [5.74, 6) is -0.108. The van der Waals surface area contributed by atoms with Gasteiger partial charge in [0, 0.05) is 23.9 Å². The van der Waals surface area contributed by atoms with Gasteiger partial charge in [-0.2, -0.15) is 0 Å². The number of nitrogens with one attached hydrogen (secondary N) is 2. The lowest BCUT2D eigenvalue weighted by molar-refractivity contribution is -0.136. The molecule has 1 atom stereocenters. The topological polar surface area (TPSA) is 65.2 Å². The van der Waals surface area contributed by atoms with Crippen molar-refractivity contribution in [3.63, 3.8) is 0 Å². The normalized spacial score (nSPS) is 16.8. The third kappa shape index (κ3) is 3.33. The highest BCUT2D eigenvalue weighted by Crippen LogP contribution is 2.22. The smallest absolute Gasteiger partial charge is 0.247 e. The minimum atomic E-state index is -0.398. The summed E-state index contributed by atoms with van der Waals surface area (Å²) in [4.78, 5) is 30.3. The zero-order valence-corrected chi connectivity index (χ0v) is 14.4. The molecule has 26 heavy (non-hydrogen) atoms. The van der Waals surface area contributed by atoms with Gasteiger partial charge < -0.3 is 15.2 Å². The van der Waals surface area contributed by atoms with Crippen molar-refractivity contribution in [2.24, 2.45) is 0 Å². The summed E-state index contributed by atoms with van der Waals surface area (Å²) < 4.78 is 0. The van der Waals surface area contributed by atoms with E-state index >= 15 is 0 Å². The van der Waals surface area contributed by atoms with E-state index in [0.29, 0.717) is 19.4 Å². The Kier molecular flexibility index (Phi) is 4.44. The van der Waals surface area contributed by atoms with Crippen LogP contribution in [0.15, 0.2) is 60.8 Å². The van der Waals surface area contributed by atoms with Crippen molar-refractivity contribution < 1.29 is 9.59 Å². The van der Waals surface area contributed by atoms with Gasteiger partial charge in [-0.25, -0.2) is 0 Å². The van der Waals surface area contributed by atoms with Crippen LogP contribution < -0.4 is 5.32 Å². The lowest BCUT2D eigenvalue weighted by Crippen LogP contribution is -2.43. The van der Waals surface area contributed by atoms with Gasteiger partial charge in [-0.3, -0.25) is 9.59 Å². The number of carbonyl (C=O) groups is 2. The molecule has 1 aliphatic heterocycles. The number of amides is 2. The standard InChI is InChI=1S/C21H21N3O2/c25-20(13-15-5-2-1-3-6-15)24-12-4-7-19(24)21(26)23-17-9-8-16-10-11-22-18(16)14-17/h1-3,5-6,8-11,14,19,22H,4,7,12-13H2,(H,23,26). The number of carbonyl (C=O) groups excluding carboxylic acids is 2. The van der Waals surface area contributed by atoms with Gasteiger partial charge in [0.1, 0.15) is 6.04 Å². The van der Waals surface area contributed by atoms with Crippen LogP contribution in [-0.4, -0.2) is 34.3 Å². The molecule has 4 rings (SSSR count). The van der Waals surface area contributed by atoms with E-state index < -0.39 is 6.04 Å². The molecule has 1 unspecified atom stereocenters. The first-order valence-corrected chi connectivity index (χ1v) is 8.92. The number of H-pyrrole nitrogens is 1. The van der Waals surface area contributed by atoms with Gasteiger partial charge in [-0.15, -0.1) is 0 Å². The third-order valence-electron chi connectivity index (χ3n) is 4.90. The lowest BCUT2D eigenvalue weighted by atomic mass is 10.1. The fourth-order valence-electron chi connectivity index (χ4n) is 3.56. The number of fused-ring (bicyclic) bond motifs is 1. The predicted molar refractivity (Wildman–Crippen MR) is 102 cm³/mol. The summed E-state index contributed by atoms with van der Waals surface area (Å²) in [5, 5.41) is 4.06. The average Bonchev–Trinajstić information content (AvgIpc) is 3.31. The minimum absolute atomic E-state index is 0.00803. The minimum Gasteiger partial charge on any atom is -0.361 e. The SMILES string of the molecule is O=C(Nc1ccc2cc[nH]c2c1)C1CCCN1C(=O)Cc1ccccc1. The van der Waals surface area contributed by atoms with E-state index in [0.717, 1.165) is 28.6 Å². The first kappa shape index (κ1) is 16.4. The van der Waals surface area contributed by atoms with Gasteiger partial charge in [0.05, 0.1) is 6.42 Å². The number of anilines is 1. The zero-order valence-electron chi connectivity index (χ0n) is 14.4. The molecular weight excluding hydrogens is 326 g/mol. The van der Waals surface area contributed by atoms with Gasteiger partial charge in [0.15, 0.2) is 0 Å². The lowest BCUT2D eigenvalue weighted by Gasteiger charge is -2.24. The van der Waals surface area contributed by atoms with Crippen molar-refractivity contribution in [3.8, 4) is 0 Å². The van der Waals surface area contributed by atoms with E-state index in [4.69, 9.17) is 0 Å². The Balaban J connectivity index is 1.45. The summed E-state index contributed by atoms with van der Waals surface area (Å²) in [6.07, 6.45) is 3.77. The summed E-state index contributed by atoms with van der Waals surface area (Å²) in [6, 6.07) is 17.0. The molecular formula is C21H21N3O2. The monoisotopic (exact) mass is 347 g/mol. The van der Waals surface area contributed by atoms with E-state index in [1.165, 1.54) is 0 Å². The van der Waals surface area contributed by atoms with Crippen LogP contribution in [0.4, 0.5) is 5.69 Å². The summed E-state index contributed by atoms with van der Waals surface area (Å²) in [6.45, 7) is 0.638. The molecule has 2 aromatic carbocycles. The Morgan fingerprint density at radius 1 is 1.12 bits per heavy atom. The van der Waals surface area contributed by atoms with Crippen LogP contribution in [0.1, 0.15) is 18.4 Å². The number of aromatic amines is 1. The van der Waals surface area contributed by atoms with Gasteiger partial charge in [0.25, 0.3) is 0 Å². The van der Waals surface area contributed by atoms with Crippen LogP contribution in [0.5, 0.6) is 0 Å². The van der Waals surface area contributed by atoms with E-state index in [9.17, 15) is 9.59 Å². The third-order valence-corrected chi connectivity index (χ3v) is 4.90. The Hall–Kier alpha value is -3.08. The largest absolute Gasteiger partial charge is 0.361 e.